The summed E-state index contributed by atoms with van der Waals surface area (Å²) in [5, 5.41) is 23.6. The number of fused-ring (bicyclic) bond motifs is 1. The van der Waals surface area contributed by atoms with E-state index in [1.165, 1.54) is 0 Å². The van der Waals surface area contributed by atoms with Crippen LogP contribution < -0.4 is 10.9 Å². The first-order chi connectivity index (χ1) is 16.6. The zero-order valence-electron chi connectivity index (χ0n) is 21.8. The first kappa shape index (κ1) is 26.1. The van der Waals surface area contributed by atoms with Crippen molar-refractivity contribution in [2.75, 3.05) is 26.2 Å². The summed E-state index contributed by atoms with van der Waals surface area (Å²) in [6.45, 7) is 11.3. The van der Waals surface area contributed by atoms with Gasteiger partial charge in [0.1, 0.15) is 5.56 Å². The molecule has 2 fully saturated rings. The van der Waals surface area contributed by atoms with Crippen LogP contribution in [-0.2, 0) is 0 Å². The lowest BCUT2D eigenvalue weighted by Gasteiger charge is -2.41. The number of allylic oxidation sites excluding steroid dienone is 1. The van der Waals surface area contributed by atoms with Crippen LogP contribution in [0.25, 0.3) is 6.08 Å². The van der Waals surface area contributed by atoms with E-state index in [1.54, 1.807) is 4.57 Å². The van der Waals surface area contributed by atoms with Crippen LogP contribution in [0.3, 0.4) is 0 Å². The number of amides is 1. The van der Waals surface area contributed by atoms with Crippen molar-refractivity contribution in [3.8, 4) is 0 Å². The highest BCUT2D eigenvalue weighted by atomic mass is 16.3. The first-order valence-corrected chi connectivity index (χ1v) is 13.5. The normalized spacial score (nSPS) is 29.9. The Morgan fingerprint density at radius 2 is 1.83 bits per heavy atom. The molecular weight excluding hydrogens is 442 g/mol. The maximum Gasteiger partial charge on any atom is 0.264 e. The summed E-state index contributed by atoms with van der Waals surface area (Å²) in [7, 11) is 0. The number of pyridine rings is 1. The Hall–Kier alpha value is -1.96. The summed E-state index contributed by atoms with van der Waals surface area (Å²) in [4.78, 5) is 28.7. The first-order valence-electron chi connectivity index (χ1n) is 13.5. The molecule has 1 saturated heterocycles. The molecule has 35 heavy (non-hydrogen) atoms. The minimum atomic E-state index is -0.688. The molecule has 4 rings (SSSR count). The second kappa shape index (κ2) is 10.6. The highest BCUT2D eigenvalue weighted by molar-refractivity contribution is 5.94. The van der Waals surface area contributed by atoms with Crippen molar-refractivity contribution in [1.82, 2.24) is 14.8 Å². The van der Waals surface area contributed by atoms with Crippen molar-refractivity contribution in [2.45, 2.75) is 89.9 Å². The molecule has 7 heteroatoms. The van der Waals surface area contributed by atoms with Gasteiger partial charge in [0, 0.05) is 24.8 Å². The van der Waals surface area contributed by atoms with Crippen molar-refractivity contribution in [2.24, 2.45) is 11.8 Å². The fourth-order valence-corrected chi connectivity index (χ4v) is 5.97. The number of likely N-dealkylation sites (tertiary alicyclic amines) is 1. The number of β-amino-alcohol motifs (C(OH)–C–C–N with tert-alkyl or cyclic N) is 1. The number of rotatable bonds is 6. The van der Waals surface area contributed by atoms with Crippen LogP contribution in [0, 0.1) is 11.8 Å². The fraction of sp³-hybridized carbons (Fsp3) is 0.714. The van der Waals surface area contributed by atoms with Gasteiger partial charge in [-0.3, -0.25) is 9.59 Å². The second-order valence-corrected chi connectivity index (χ2v) is 11.6. The predicted molar refractivity (Wildman–Crippen MR) is 139 cm³/mol. The molecule has 1 saturated carbocycles. The maximum atomic E-state index is 13.3. The number of carbonyl (C=O) groups excluding carboxylic acids is 1. The van der Waals surface area contributed by atoms with Crippen LogP contribution in [0.5, 0.6) is 0 Å². The Bertz CT molecular complexity index is 998. The van der Waals surface area contributed by atoms with Crippen molar-refractivity contribution < 1.29 is 15.0 Å². The lowest BCUT2D eigenvalue weighted by molar-refractivity contribution is -0.0572. The minimum Gasteiger partial charge on any atom is -0.393 e. The van der Waals surface area contributed by atoms with E-state index in [4.69, 9.17) is 0 Å². The Balaban J connectivity index is 1.36. The monoisotopic (exact) mass is 485 g/mol. The molecule has 0 radical (unpaired) electrons. The van der Waals surface area contributed by atoms with Gasteiger partial charge in [-0.2, -0.15) is 0 Å². The molecule has 2 aliphatic carbocycles. The summed E-state index contributed by atoms with van der Waals surface area (Å²) in [6, 6.07) is 1.79. The molecule has 194 valence electrons. The smallest absolute Gasteiger partial charge is 0.264 e. The summed E-state index contributed by atoms with van der Waals surface area (Å²) in [6.07, 6.45) is 8.49. The fourth-order valence-electron chi connectivity index (χ4n) is 5.97. The molecule has 2 atom stereocenters. The molecule has 3 aliphatic rings. The quantitative estimate of drug-likeness (QED) is 0.575. The van der Waals surface area contributed by atoms with E-state index >= 15 is 0 Å². The Morgan fingerprint density at radius 1 is 1.17 bits per heavy atom. The van der Waals surface area contributed by atoms with Gasteiger partial charge in [0.25, 0.3) is 11.5 Å². The van der Waals surface area contributed by atoms with E-state index in [0.717, 1.165) is 37.2 Å². The summed E-state index contributed by atoms with van der Waals surface area (Å²) in [5.41, 5.74) is 1.33. The number of aliphatic hydroxyl groups excluding tert-OH is 1. The third-order valence-corrected chi connectivity index (χ3v) is 8.56. The van der Waals surface area contributed by atoms with Crippen LogP contribution >= 0.6 is 0 Å². The molecule has 3 N–H and O–H groups in total. The summed E-state index contributed by atoms with van der Waals surface area (Å²) >= 11 is 0. The van der Waals surface area contributed by atoms with Crippen LogP contribution in [0.15, 0.2) is 16.9 Å². The molecule has 1 aromatic rings. The van der Waals surface area contributed by atoms with Crippen molar-refractivity contribution in [1.29, 1.82) is 0 Å². The van der Waals surface area contributed by atoms with Crippen LogP contribution in [0.4, 0.5) is 0 Å². The van der Waals surface area contributed by atoms with Crippen molar-refractivity contribution in [3.63, 3.8) is 0 Å². The van der Waals surface area contributed by atoms with E-state index in [1.807, 2.05) is 26.0 Å². The van der Waals surface area contributed by atoms with E-state index < -0.39 is 5.60 Å². The van der Waals surface area contributed by atoms with Crippen molar-refractivity contribution >= 4 is 12.0 Å². The largest absolute Gasteiger partial charge is 0.393 e. The van der Waals surface area contributed by atoms with Gasteiger partial charge in [0.15, 0.2) is 0 Å². The zero-order chi connectivity index (χ0) is 25.3. The Labute approximate surface area is 209 Å². The second-order valence-electron chi connectivity index (χ2n) is 11.6. The molecule has 0 aromatic carbocycles. The molecule has 7 nitrogen and oxygen atoms in total. The van der Waals surface area contributed by atoms with Crippen LogP contribution in [0.1, 0.15) is 99.8 Å². The third-order valence-electron chi connectivity index (χ3n) is 8.56. The van der Waals surface area contributed by atoms with Gasteiger partial charge in [-0.05, 0) is 101 Å². The van der Waals surface area contributed by atoms with E-state index in [0.29, 0.717) is 50.6 Å². The third kappa shape index (κ3) is 5.73. The van der Waals surface area contributed by atoms with E-state index in [-0.39, 0.29) is 35.1 Å². The van der Waals surface area contributed by atoms with E-state index in [9.17, 15) is 19.8 Å². The molecular formula is C28H43N3O4. The average Bonchev–Trinajstić information content (AvgIpc) is 2.82. The van der Waals surface area contributed by atoms with Crippen molar-refractivity contribution in [3.05, 3.63) is 39.3 Å². The minimum absolute atomic E-state index is 0.0270. The number of nitrogens with zero attached hydrogens (tertiary/aromatic N) is 2. The van der Waals surface area contributed by atoms with Gasteiger partial charge in [0.05, 0.1) is 11.7 Å². The lowest BCUT2D eigenvalue weighted by atomic mass is 9.82. The number of hydrogen-bond acceptors (Lipinski definition) is 5. The van der Waals surface area contributed by atoms with E-state index in [2.05, 4.69) is 30.1 Å². The number of piperidine rings is 1. The van der Waals surface area contributed by atoms with Crippen LogP contribution in [0.2, 0.25) is 0 Å². The summed E-state index contributed by atoms with van der Waals surface area (Å²) < 4.78 is 1.76. The predicted octanol–water partition coefficient (Wildman–Crippen LogP) is 3.30. The number of carbonyl (C=O) groups is 1. The topological polar surface area (TPSA) is 94.8 Å². The van der Waals surface area contributed by atoms with Gasteiger partial charge in [-0.25, -0.2) is 0 Å². The Kier molecular flexibility index (Phi) is 7.89. The van der Waals surface area contributed by atoms with Gasteiger partial charge in [-0.15, -0.1) is 0 Å². The highest BCUT2D eigenvalue weighted by Gasteiger charge is 2.35. The Morgan fingerprint density at radius 3 is 2.46 bits per heavy atom. The van der Waals surface area contributed by atoms with Gasteiger partial charge in [-0.1, -0.05) is 19.9 Å². The molecule has 0 spiro atoms. The maximum absolute atomic E-state index is 13.3. The average molecular weight is 486 g/mol. The standard InChI is InChI=1S/C28H43N3O4/c1-18(2)31-25-6-5-19(3)20(4)23(25)15-24(27(31)34)26(33)29-16-21-9-13-30(14-10-21)17-28(35)11-7-22(32)8-12-28/h5-6,15,18-22,32,35H,7-14,16-17H2,1-4H3,(H,29,33). The molecule has 2 heterocycles. The number of hydrogen-bond donors (Lipinski definition) is 3. The summed E-state index contributed by atoms with van der Waals surface area (Å²) in [5.74, 6) is 0.695. The SMILES string of the molecule is CC1C=Cc2c(cc(C(=O)NCC3CCN(CC4(O)CCC(O)CC4)CC3)c(=O)n2C(C)C)C1C. The number of nitrogens with one attached hydrogen (secondary N) is 1. The molecule has 0 bridgehead atoms. The molecule has 1 amide bonds. The molecule has 1 aliphatic heterocycles. The highest BCUT2D eigenvalue weighted by Crippen LogP contribution is 2.34. The zero-order valence-corrected chi connectivity index (χ0v) is 21.8. The van der Waals surface area contributed by atoms with Crippen LogP contribution in [-0.4, -0.2) is 63.5 Å². The number of aliphatic hydroxyl groups is 2. The van der Waals surface area contributed by atoms with Gasteiger partial charge >= 0.3 is 0 Å². The number of aromatic nitrogens is 1. The molecule has 1 aromatic heterocycles. The molecule has 2 unspecified atom stereocenters. The van der Waals surface area contributed by atoms with Gasteiger partial charge < -0.3 is 25.0 Å². The van der Waals surface area contributed by atoms with Gasteiger partial charge in [0.2, 0.25) is 0 Å². The lowest BCUT2D eigenvalue weighted by Crippen LogP contribution is -2.49.